The van der Waals surface area contributed by atoms with Gasteiger partial charge < -0.3 is 4.57 Å². The molecule has 0 N–H and O–H groups in total. The van der Waals surface area contributed by atoms with Gasteiger partial charge in [-0.3, -0.25) is 0 Å². The normalized spacial score (nSPS) is 11.7. The molecule has 0 bridgehead atoms. The molecule has 0 aliphatic heterocycles. The van der Waals surface area contributed by atoms with Crippen LogP contribution >= 0.6 is 11.3 Å². The smallest absolute Gasteiger partial charge is 0.160 e. The van der Waals surface area contributed by atoms with Crippen molar-refractivity contribution in [2.45, 2.75) is 0 Å². The maximum atomic E-state index is 5.10. The number of nitrogens with zero attached hydrogens (tertiary/aromatic N) is 3. The van der Waals surface area contributed by atoms with E-state index in [0.717, 1.165) is 33.8 Å². The van der Waals surface area contributed by atoms with Gasteiger partial charge in [0.1, 0.15) is 0 Å². The number of aromatic nitrogens is 3. The fourth-order valence-electron chi connectivity index (χ4n) is 8.11. The van der Waals surface area contributed by atoms with E-state index in [4.69, 9.17) is 9.97 Å². The van der Waals surface area contributed by atoms with Gasteiger partial charge in [0.05, 0.1) is 27.1 Å². The van der Waals surface area contributed by atoms with Crippen LogP contribution in [0.5, 0.6) is 0 Å². The molecule has 0 saturated carbocycles. The number of para-hydroxylation sites is 1. The number of hydrogen-bond acceptors (Lipinski definition) is 3. The van der Waals surface area contributed by atoms with Crippen molar-refractivity contribution in [1.29, 1.82) is 0 Å². The van der Waals surface area contributed by atoms with Crippen LogP contribution in [0.2, 0.25) is 0 Å². The first-order valence-electron chi connectivity index (χ1n) is 18.2. The molecular formula is C50H31N3S. The molecular weight excluding hydrogens is 675 g/mol. The Kier molecular flexibility index (Phi) is 7.04. The van der Waals surface area contributed by atoms with Gasteiger partial charge in [-0.15, -0.1) is 11.3 Å². The van der Waals surface area contributed by atoms with Crippen LogP contribution < -0.4 is 0 Å². The molecule has 0 aliphatic carbocycles. The molecule has 4 heteroatoms. The van der Waals surface area contributed by atoms with Crippen molar-refractivity contribution < 1.29 is 0 Å². The Morgan fingerprint density at radius 1 is 0.389 bits per heavy atom. The predicted octanol–water partition coefficient (Wildman–Crippen LogP) is 13.8. The first kappa shape index (κ1) is 30.7. The summed E-state index contributed by atoms with van der Waals surface area (Å²) in [6.45, 7) is 0. The summed E-state index contributed by atoms with van der Waals surface area (Å²) in [5.41, 5.74) is 10.9. The SMILES string of the molecule is c1ccc(-c2ccc3sc4c(c3c2)c2ccccc2c2c3ccccc3n(-c3ccc(-c5cc(-c6ccccc6)nc(-c6ccccc6)n5)cc3)c42)cc1. The zero-order valence-corrected chi connectivity index (χ0v) is 30.0. The molecule has 0 aliphatic rings. The van der Waals surface area contributed by atoms with Gasteiger partial charge in [-0.1, -0.05) is 152 Å². The molecule has 3 aromatic heterocycles. The van der Waals surface area contributed by atoms with E-state index < -0.39 is 0 Å². The number of hydrogen-bond donors (Lipinski definition) is 0. The van der Waals surface area contributed by atoms with Gasteiger partial charge >= 0.3 is 0 Å². The maximum absolute atomic E-state index is 5.10. The topological polar surface area (TPSA) is 30.7 Å². The Hall–Kier alpha value is -6.88. The summed E-state index contributed by atoms with van der Waals surface area (Å²) in [4.78, 5) is 10.1. The highest BCUT2D eigenvalue weighted by molar-refractivity contribution is 7.27. The molecule has 3 heterocycles. The van der Waals surface area contributed by atoms with Crippen LogP contribution in [0.1, 0.15) is 0 Å². The van der Waals surface area contributed by atoms with E-state index in [0.29, 0.717) is 5.82 Å². The van der Waals surface area contributed by atoms with Crippen LogP contribution in [-0.4, -0.2) is 14.5 Å². The predicted molar refractivity (Wildman–Crippen MR) is 229 cm³/mol. The third-order valence-corrected chi connectivity index (χ3v) is 11.8. The minimum absolute atomic E-state index is 0.716. The maximum Gasteiger partial charge on any atom is 0.160 e. The Labute approximate surface area is 316 Å². The Morgan fingerprint density at radius 3 is 1.61 bits per heavy atom. The molecule has 54 heavy (non-hydrogen) atoms. The van der Waals surface area contributed by atoms with Crippen LogP contribution in [0, 0.1) is 0 Å². The summed E-state index contributed by atoms with van der Waals surface area (Å²) < 4.78 is 5.07. The van der Waals surface area contributed by atoms with Gasteiger partial charge in [0.15, 0.2) is 5.82 Å². The van der Waals surface area contributed by atoms with Crippen LogP contribution in [0.3, 0.4) is 0 Å². The van der Waals surface area contributed by atoms with Gasteiger partial charge in [-0.25, -0.2) is 9.97 Å². The van der Waals surface area contributed by atoms with E-state index >= 15 is 0 Å². The molecule has 3 nitrogen and oxygen atoms in total. The lowest BCUT2D eigenvalue weighted by Gasteiger charge is -2.12. The molecule has 0 unspecified atom stereocenters. The minimum Gasteiger partial charge on any atom is -0.308 e. The van der Waals surface area contributed by atoms with E-state index in [-0.39, 0.29) is 0 Å². The highest BCUT2D eigenvalue weighted by atomic mass is 32.1. The molecule has 252 valence electrons. The molecule has 11 rings (SSSR count). The monoisotopic (exact) mass is 705 g/mol. The van der Waals surface area contributed by atoms with Gasteiger partial charge in [-0.2, -0.15) is 0 Å². The quantitative estimate of drug-likeness (QED) is 0.178. The van der Waals surface area contributed by atoms with Crippen molar-refractivity contribution in [1.82, 2.24) is 14.5 Å². The lowest BCUT2D eigenvalue weighted by Crippen LogP contribution is -1.97. The molecule has 8 aromatic carbocycles. The Balaban J connectivity index is 1.14. The minimum atomic E-state index is 0.716. The van der Waals surface area contributed by atoms with Crippen LogP contribution in [0.25, 0.3) is 103 Å². The molecule has 0 fully saturated rings. The lowest BCUT2D eigenvalue weighted by atomic mass is 9.97. The zero-order chi connectivity index (χ0) is 35.6. The van der Waals surface area contributed by atoms with E-state index in [1.807, 2.05) is 35.6 Å². The molecule has 11 aromatic rings. The van der Waals surface area contributed by atoms with E-state index in [2.05, 4.69) is 168 Å². The Bertz CT molecular complexity index is 3120. The molecule has 0 spiro atoms. The fourth-order valence-corrected chi connectivity index (χ4v) is 9.35. The second-order valence-corrected chi connectivity index (χ2v) is 14.8. The summed E-state index contributed by atoms with van der Waals surface area (Å²) in [6, 6.07) is 67.0. The lowest BCUT2D eigenvalue weighted by molar-refractivity contribution is 1.17. The second-order valence-electron chi connectivity index (χ2n) is 13.7. The summed E-state index contributed by atoms with van der Waals surface area (Å²) in [5.74, 6) is 0.716. The van der Waals surface area contributed by atoms with Gasteiger partial charge in [0.25, 0.3) is 0 Å². The number of rotatable bonds is 5. The van der Waals surface area contributed by atoms with Crippen molar-refractivity contribution in [2.24, 2.45) is 0 Å². The van der Waals surface area contributed by atoms with Gasteiger partial charge in [0, 0.05) is 48.6 Å². The molecule has 0 saturated heterocycles. The number of thiophene rings is 1. The molecule has 0 radical (unpaired) electrons. The Morgan fingerprint density at radius 2 is 0.926 bits per heavy atom. The number of fused-ring (bicyclic) bond motifs is 10. The zero-order valence-electron chi connectivity index (χ0n) is 29.1. The first-order valence-corrected chi connectivity index (χ1v) is 19.1. The van der Waals surface area contributed by atoms with Gasteiger partial charge in [0.2, 0.25) is 0 Å². The highest BCUT2D eigenvalue weighted by Crippen LogP contribution is 2.48. The summed E-state index contributed by atoms with van der Waals surface area (Å²) >= 11 is 1.90. The van der Waals surface area contributed by atoms with E-state index in [9.17, 15) is 0 Å². The average Bonchev–Trinajstić information content (AvgIpc) is 3.81. The average molecular weight is 706 g/mol. The largest absolute Gasteiger partial charge is 0.308 e. The van der Waals surface area contributed by atoms with Crippen molar-refractivity contribution in [3.63, 3.8) is 0 Å². The van der Waals surface area contributed by atoms with Crippen molar-refractivity contribution in [2.75, 3.05) is 0 Å². The van der Waals surface area contributed by atoms with Crippen molar-refractivity contribution >= 4 is 64.1 Å². The summed E-state index contributed by atoms with van der Waals surface area (Å²) in [7, 11) is 0. The second kappa shape index (κ2) is 12.4. The van der Waals surface area contributed by atoms with E-state index in [1.54, 1.807) is 0 Å². The summed E-state index contributed by atoms with van der Waals surface area (Å²) in [6.07, 6.45) is 0. The molecule has 0 amide bonds. The number of benzene rings is 8. The van der Waals surface area contributed by atoms with Crippen LogP contribution in [-0.2, 0) is 0 Å². The van der Waals surface area contributed by atoms with E-state index in [1.165, 1.54) is 63.9 Å². The third-order valence-electron chi connectivity index (χ3n) is 10.6. The summed E-state index contributed by atoms with van der Waals surface area (Å²) in [5, 5.41) is 7.74. The van der Waals surface area contributed by atoms with Crippen LogP contribution in [0.4, 0.5) is 0 Å². The molecule has 0 atom stereocenters. The first-order chi connectivity index (χ1) is 26.8. The van der Waals surface area contributed by atoms with Crippen molar-refractivity contribution in [3.05, 3.63) is 188 Å². The van der Waals surface area contributed by atoms with Crippen LogP contribution in [0.15, 0.2) is 188 Å². The third kappa shape index (κ3) is 4.88. The fraction of sp³-hybridized carbons (Fsp3) is 0. The van der Waals surface area contributed by atoms with Crippen molar-refractivity contribution in [3.8, 4) is 50.7 Å². The highest BCUT2D eigenvalue weighted by Gasteiger charge is 2.22. The standard InChI is InChI=1S/C50H31N3S/c1-4-14-32(15-5-1)36-26-29-45-41(30-36)47-39-21-11-10-20-38(39)46-40-22-12-13-23-44(40)53(48(46)49(47)54-45)37-27-24-34(25-28-37)43-31-42(33-16-6-2-7-17-33)51-50(52-43)35-18-8-3-9-19-35/h1-31H. The van der Waals surface area contributed by atoms with Gasteiger partial charge in [-0.05, 0) is 58.3 Å².